The molecule has 4 heteroatoms. The van der Waals surface area contributed by atoms with Gasteiger partial charge in [-0.3, -0.25) is 4.79 Å². The summed E-state index contributed by atoms with van der Waals surface area (Å²) in [4.78, 5) is 14.1. The number of carbonyl (C=O) groups is 1. The van der Waals surface area contributed by atoms with E-state index in [0.717, 1.165) is 38.3 Å². The number of aliphatic carboxylic acids is 1. The summed E-state index contributed by atoms with van der Waals surface area (Å²) in [5, 5.41) is 10.6. The average Bonchev–Trinajstić information content (AvgIpc) is 2.90. The molecule has 2 N–H and O–H groups in total. The lowest BCUT2D eigenvalue weighted by Crippen LogP contribution is -1.96. The number of rotatable bonds is 4. The SMILES string of the molecule is Cc1c(Cl)cccc1-c1cc2cc(CCC(=O)O)ccc2[nH]1. The van der Waals surface area contributed by atoms with Crippen molar-refractivity contribution in [3.8, 4) is 11.3 Å². The number of H-pyrrole nitrogens is 1. The van der Waals surface area contributed by atoms with Crippen LogP contribution in [0.4, 0.5) is 0 Å². The third kappa shape index (κ3) is 2.85. The second-order valence-electron chi connectivity index (χ2n) is 5.41. The largest absolute Gasteiger partial charge is 0.481 e. The fraction of sp³-hybridized carbons (Fsp3) is 0.167. The molecule has 0 aliphatic carbocycles. The Kier molecular flexibility index (Phi) is 3.90. The van der Waals surface area contributed by atoms with Crippen molar-refractivity contribution in [1.82, 2.24) is 4.98 Å². The molecule has 112 valence electrons. The molecule has 22 heavy (non-hydrogen) atoms. The quantitative estimate of drug-likeness (QED) is 0.726. The van der Waals surface area contributed by atoms with E-state index < -0.39 is 5.97 Å². The minimum Gasteiger partial charge on any atom is -0.481 e. The van der Waals surface area contributed by atoms with Crippen molar-refractivity contribution < 1.29 is 9.90 Å². The molecule has 0 saturated heterocycles. The van der Waals surface area contributed by atoms with Crippen LogP contribution in [0.2, 0.25) is 5.02 Å². The predicted octanol–water partition coefficient (Wildman–Crippen LogP) is 4.81. The van der Waals surface area contributed by atoms with Crippen molar-refractivity contribution >= 4 is 28.5 Å². The lowest BCUT2D eigenvalue weighted by molar-refractivity contribution is -0.136. The van der Waals surface area contributed by atoms with E-state index in [0.29, 0.717) is 6.42 Å². The van der Waals surface area contributed by atoms with Gasteiger partial charge in [-0.25, -0.2) is 0 Å². The number of carboxylic acid groups (broad SMARTS) is 1. The highest BCUT2D eigenvalue weighted by Gasteiger charge is 2.09. The Balaban J connectivity index is 1.99. The van der Waals surface area contributed by atoms with Gasteiger partial charge in [0, 0.05) is 33.6 Å². The Bertz CT molecular complexity index is 851. The van der Waals surface area contributed by atoms with Crippen LogP contribution in [0.25, 0.3) is 22.2 Å². The first kappa shape index (κ1) is 14.7. The van der Waals surface area contributed by atoms with E-state index in [-0.39, 0.29) is 6.42 Å². The van der Waals surface area contributed by atoms with Crippen molar-refractivity contribution in [1.29, 1.82) is 0 Å². The molecule has 3 rings (SSSR count). The number of carboxylic acids is 1. The Labute approximate surface area is 133 Å². The molecule has 1 heterocycles. The van der Waals surface area contributed by atoms with Crippen molar-refractivity contribution in [2.45, 2.75) is 19.8 Å². The van der Waals surface area contributed by atoms with Crippen LogP contribution < -0.4 is 0 Å². The number of nitrogens with one attached hydrogen (secondary N) is 1. The van der Waals surface area contributed by atoms with Crippen molar-refractivity contribution in [3.05, 3.63) is 58.6 Å². The highest BCUT2D eigenvalue weighted by Crippen LogP contribution is 2.30. The predicted molar refractivity (Wildman–Crippen MR) is 89.4 cm³/mol. The fourth-order valence-corrected chi connectivity index (χ4v) is 2.81. The molecule has 1 aromatic heterocycles. The normalized spacial score (nSPS) is 11.0. The van der Waals surface area contributed by atoms with Gasteiger partial charge in [-0.05, 0) is 48.7 Å². The first-order valence-electron chi connectivity index (χ1n) is 7.13. The molecular formula is C18H16ClNO2. The van der Waals surface area contributed by atoms with Gasteiger partial charge in [0.15, 0.2) is 0 Å². The highest BCUT2D eigenvalue weighted by molar-refractivity contribution is 6.31. The van der Waals surface area contributed by atoms with E-state index in [4.69, 9.17) is 16.7 Å². The molecule has 0 amide bonds. The topological polar surface area (TPSA) is 53.1 Å². The molecule has 0 bridgehead atoms. The number of benzene rings is 2. The molecule has 3 nitrogen and oxygen atoms in total. The molecule has 2 aromatic carbocycles. The van der Waals surface area contributed by atoms with Crippen molar-refractivity contribution in [3.63, 3.8) is 0 Å². The third-order valence-electron chi connectivity index (χ3n) is 3.87. The van der Waals surface area contributed by atoms with Crippen molar-refractivity contribution in [2.75, 3.05) is 0 Å². The smallest absolute Gasteiger partial charge is 0.303 e. The van der Waals surface area contributed by atoms with Gasteiger partial charge in [-0.15, -0.1) is 0 Å². The molecule has 0 radical (unpaired) electrons. The number of halogens is 1. The van der Waals surface area contributed by atoms with E-state index >= 15 is 0 Å². The van der Waals surface area contributed by atoms with Gasteiger partial charge in [0.2, 0.25) is 0 Å². The van der Waals surface area contributed by atoms with Gasteiger partial charge in [0.05, 0.1) is 0 Å². The molecular weight excluding hydrogens is 298 g/mol. The molecule has 0 aliphatic heterocycles. The first-order chi connectivity index (χ1) is 10.5. The van der Waals surface area contributed by atoms with Crippen LogP contribution in [-0.2, 0) is 11.2 Å². The number of fused-ring (bicyclic) bond motifs is 1. The lowest BCUT2D eigenvalue weighted by atomic mass is 10.0. The zero-order chi connectivity index (χ0) is 15.7. The van der Waals surface area contributed by atoms with Crippen LogP contribution in [-0.4, -0.2) is 16.1 Å². The van der Waals surface area contributed by atoms with Crippen LogP contribution in [0, 0.1) is 6.92 Å². The molecule has 0 aliphatic rings. The Morgan fingerprint density at radius 3 is 2.82 bits per heavy atom. The molecule has 0 saturated carbocycles. The second kappa shape index (κ2) is 5.85. The summed E-state index contributed by atoms with van der Waals surface area (Å²) in [6.07, 6.45) is 0.693. The van der Waals surface area contributed by atoms with Crippen LogP contribution >= 0.6 is 11.6 Å². The molecule has 0 fully saturated rings. The summed E-state index contributed by atoms with van der Waals surface area (Å²) in [6, 6.07) is 13.9. The maximum Gasteiger partial charge on any atom is 0.303 e. The number of hydrogen-bond donors (Lipinski definition) is 2. The van der Waals surface area contributed by atoms with Gasteiger partial charge in [-0.2, -0.15) is 0 Å². The fourth-order valence-electron chi connectivity index (χ4n) is 2.63. The van der Waals surface area contributed by atoms with Crippen LogP contribution in [0.5, 0.6) is 0 Å². The molecule has 0 atom stereocenters. The zero-order valence-corrected chi connectivity index (χ0v) is 12.9. The summed E-state index contributed by atoms with van der Waals surface area (Å²) >= 11 is 6.19. The molecule has 0 spiro atoms. The summed E-state index contributed by atoms with van der Waals surface area (Å²) in [7, 11) is 0. The van der Waals surface area contributed by atoms with E-state index in [2.05, 4.69) is 11.1 Å². The van der Waals surface area contributed by atoms with Gasteiger partial charge in [0.1, 0.15) is 0 Å². The van der Waals surface area contributed by atoms with E-state index in [9.17, 15) is 4.79 Å². The van der Waals surface area contributed by atoms with E-state index in [1.165, 1.54) is 0 Å². The maximum atomic E-state index is 10.7. The Hall–Kier alpha value is -2.26. The minimum absolute atomic E-state index is 0.149. The number of hydrogen-bond acceptors (Lipinski definition) is 1. The number of aryl methyl sites for hydroxylation is 1. The van der Waals surface area contributed by atoms with Gasteiger partial charge in [0.25, 0.3) is 0 Å². The van der Waals surface area contributed by atoms with Gasteiger partial charge < -0.3 is 10.1 Å². The summed E-state index contributed by atoms with van der Waals surface area (Å²) in [5.41, 5.74) is 5.21. The van der Waals surface area contributed by atoms with Crippen LogP contribution in [0.15, 0.2) is 42.5 Å². The highest BCUT2D eigenvalue weighted by atomic mass is 35.5. The Morgan fingerprint density at radius 1 is 1.23 bits per heavy atom. The average molecular weight is 314 g/mol. The summed E-state index contributed by atoms with van der Waals surface area (Å²) in [6.45, 7) is 2.00. The minimum atomic E-state index is -0.774. The van der Waals surface area contributed by atoms with Gasteiger partial charge in [-0.1, -0.05) is 29.8 Å². The van der Waals surface area contributed by atoms with Crippen molar-refractivity contribution in [2.24, 2.45) is 0 Å². The number of aromatic amines is 1. The first-order valence-corrected chi connectivity index (χ1v) is 7.51. The van der Waals surface area contributed by atoms with E-state index in [1.807, 2.05) is 43.3 Å². The standard InChI is InChI=1S/C18H16ClNO2/c1-11-14(3-2-4-15(11)19)17-10-13-9-12(6-8-18(21)22)5-7-16(13)20-17/h2-5,7,9-10,20H,6,8H2,1H3,(H,21,22). The third-order valence-corrected chi connectivity index (χ3v) is 4.28. The van der Waals surface area contributed by atoms with Crippen LogP contribution in [0.1, 0.15) is 17.5 Å². The second-order valence-corrected chi connectivity index (χ2v) is 5.82. The number of aromatic nitrogens is 1. The van der Waals surface area contributed by atoms with E-state index in [1.54, 1.807) is 0 Å². The molecule has 0 unspecified atom stereocenters. The summed E-state index contributed by atoms with van der Waals surface area (Å²) in [5.74, 6) is -0.774. The Morgan fingerprint density at radius 2 is 2.05 bits per heavy atom. The monoisotopic (exact) mass is 313 g/mol. The van der Waals surface area contributed by atoms with Crippen LogP contribution in [0.3, 0.4) is 0 Å². The maximum absolute atomic E-state index is 10.7. The lowest BCUT2D eigenvalue weighted by Gasteiger charge is -2.04. The summed E-state index contributed by atoms with van der Waals surface area (Å²) < 4.78 is 0. The zero-order valence-electron chi connectivity index (χ0n) is 12.2. The molecule has 3 aromatic rings. The van der Waals surface area contributed by atoms with Gasteiger partial charge >= 0.3 is 5.97 Å².